The Bertz CT molecular complexity index is 762. The van der Waals surface area contributed by atoms with Gasteiger partial charge in [0.2, 0.25) is 5.89 Å². The van der Waals surface area contributed by atoms with Crippen molar-refractivity contribution >= 4 is 55.9 Å². The Morgan fingerprint density at radius 1 is 1.11 bits per heavy atom. The van der Waals surface area contributed by atoms with Gasteiger partial charge in [0, 0.05) is 17.3 Å². The van der Waals surface area contributed by atoms with Crippen LogP contribution in [0.25, 0.3) is 22.6 Å². The van der Waals surface area contributed by atoms with E-state index in [1.54, 1.807) is 30.3 Å². The molecule has 0 saturated carbocycles. The lowest BCUT2D eigenvalue weighted by molar-refractivity contribution is 0.620. The van der Waals surface area contributed by atoms with E-state index in [2.05, 4.69) is 20.9 Å². The largest absolute Gasteiger partial charge is 0.436 e. The van der Waals surface area contributed by atoms with Gasteiger partial charge in [-0.1, -0.05) is 23.2 Å². The second-order valence-electron chi connectivity index (χ2n) is 4.00. The van der Waals surface area contributed by atoms with Gasteiger partial charge in [0.05, 0.1) is 14.5 Å². The van der Waals surface area contributed by atoms with Crippen LogP contribution in [-0.2, 0) is 0 Å². The number of aromatic nitrogens is 1. The maximum atomic E-state index is 6.07. The minimum atomic E-state index is 0.455. The fourth-order valence-corrected chi connectivity index (χ4v) is 2.46. The normalized spacial score (nSPS) is 11.1. The van der Waals surface area contributed by atoms with E-state index in [0.29, 0.717) is 37.2 Å². The van der Waals surface area contributed by atoms with Crippen LogP contribution in [0.5, 0.6) is 0 Å². The summed E-state index contributed by atoms with van der Waals surface area (Å²) in [5.41, 5.74) is 8.41. The Kier molecular flexibility index (Phi) is 3.17. The molecule has 0 saturated heterocycles. The monoisotopic (exact) mass is 356 g/mol. The van der Waals surface area contributed by atoms with Gasteiger partial charge in [-0.15, -0.1) is 0 Å². The number of hydrogen-bond acceptors (Lipinski definition) is 3. The first-order valence-corrected chi connectivity index (χ1v) is 6.90. The Hall–Kier alpha value is -1.23. The molecule has 19 heavy (non-hydrogen) atoms. The van der Waals surface area contributed by atoms with Gasteiger partial charge in [-0.2, -0.15) is 0 Å². The molecule has 0 fully saturated rings. The predicted octanol–water partition coefficient (Wildman–Crippen LogP) is 5.15. The van der Waals surface area contributed by atoms with E-state index in [0.717, 1.165) is 5.52 Å². The number of halogens is 3. The van der Waals surface area contributed by atoms with Crippen LogP contribution in [0.3, 0.4) is 0 Å². The molecule has 2 aromatic carbocycles. The average molecular weight is 358 g/mol. The van der Waals surface area contributed by atoms with E-state index in [1.165, 1.54) is 0 Å². The van der Waals surface area contributed by atoms with E-state index in [-0.39, 0.29) is 0 Å². The van der Waals surface area contributed by atoms with Gasteiger partial charge in [0.1, 0.15) is 5.52 Å². The van der Waals surface area contributed by atoms with Gasteiger partial charge >= 0.3 is 0 Å². The molecule has 2 N–H and O–H groups in total. The van der Waals surface area contributed by atoms with E-state index in [4.69, 9.17) is 33.4 Å². The smallest absolute Gasteiger partial charge is 0.227 e. The molecule has 0 radical (unpaired) electrons. The van der Waals surface area contributed by atoms with Gasteiger partial charge in [-0.05, 0) is 40.2 Å². The molecule has 1 aromatic heterocycles. The number of nitrogens with zero attached hydrogens (tertiary/aromatic N) is 1. The molecule has 0 atom stereocenters. The standard InChI is InChI=1S/C13H7BrCl2N2O/c14-12-8(15)3-6(4-9(12)16)13-18-10-2-1-7(17)5-11(10)19-13/h1-5H,17H2. The van der Waals surface area contributed by atoms with Crippen LogP contribution < -0.4 is 5.73 Å². The molecule has 0 unspecified atom stereocenters. The highest BCUT2D eigenvalue weighted by atomic mass is 79.9. The lowest BCUT2D eigenvalue weighted by Crippen LogP contribution is -1.81. The summed E-state index contributed by atoms with van der Waals surface area (Å²) in [6, 6.07) is 8.79. The number of anilines is 1. The fourth-order valence-electron chi connectivity index (χ4n) is 1.74. The van der Waals surface area contributed by atoms with Crippen molar-refractivity contribution in [2.24, 2.45) is 0 Å². The summed E-state index contributed by atoms with van der Waals surface area (Å²) in [4.78, 5) is 4.38. The van der Waals surface area contributed by atoms with Crippen molar-refractivity contribution in [2.75, 3.05) is 5.73 Å². The molecule has 3 rings (SSSR count). The van der Waals surface area contributed by atoms with Crippen LogP contribution in [0.1, 0.15) is 0 Å². The predicted molar refractivity (Wildman–Crippen MR) is 81.6 cm³/mol. The summed E-state index contributed by atoms with van der Waals surface area (Å²) in [6.45, 7) is 0. The van der Waals surface area contributed by atoms with E-state index in [1.807, 2.05) is 0 Å². The van der Waals surface area contributed by atoms with Crippen LogP contribution in [0.4, 0.5) is 5.69 Å². The van der Waals surface area contributed by atoms with Crippen molar-refractivity contribution in [1.82, 2.24) is 4.98 Å². The second-order valence-corrected chi connectivity index (χ2v) is 5.61. The first-order valence-electron chi connectivity index (χ1n) is 5.35. The fraction of sp³-hybridized carbons (Fsp3) is 0. The quantitative estimate of drug-likeness (QED) is 0.484. The third kappa shape index (κ3) is 2.31. The molecule has 0 bridgehead atoms. The lowest BCUT2D eigenvalue weighted by atomic mass is 10.2. The SMILES string of the molecule is Nc1ccc2nc(-c3cc(Cl)c(Br)c(Cl)c3)oc2c1. The molecule has 0 aliphatic heterocycles. The Labute approximate surface area is 127 Å². The maximum absolute atomic E-state index is 6.07. The van der Waals surface area contributed by atoms with Gasteiger partial charge in [0.25, 0.3) is 0 Å². The van der Waals surface area contributed by atoms with Crippen molar-refractivity contribution in [1.29, 1.82) is 0 Å². The summed E-state index contributed by atoms with van der Waals surface area (Å²) in [7, 11) is 0. The summed E-state index contributed by atoms with van der Waals surface area (Å²) in [5, 5.41) is 1.01. The van der Waals surface area contributed by atoms with Crippen molar-refractivity contribution in [3.05, 3.63) is 44.8 Å². The van der Waals surface area contributed by atoms with Crippen molar-refractivity contribution < 1.29 is 4.42 Å². The van der Waals surface area contributed by atoms with Gasteiger partial charge in [-0.3, -0.25) is 0 Å². The minimum absolute atomic E-state index is 0.455. The number of hydrogen-bond donors (Lipinski definition) is 1. The lowest BCUT2D eigenvalue weighted by Gasteiger charge is -2.01. The van der Waals surface area contributed by atoms with E-state index in [9.17, 15) is 0 Å². The molecule has 0 aliphatic rings. The zero-order valence-corrected chi connectivity index (χ0v) is 12.6. The van der Waals surface area contributed by atoms with E-state index < -0.39 is 0 Å². The molecule has 1 heterocycles. The average Bonchev–Trinajstić information content (AvgIpc) is 2.78. The number of oxazole rings is 1. The molecule has 0 amide bonds. The number of fused-ring (bicyclic) bond motifs is 1. The Balaban J connectivity index is 2.19. The van der Waals surface area contributed by atoms with Crippen molar-refractivity contribution in [2.45, 2.75) is 0 Å². The highest BCUT2D eigenvalue weighted by molar-refractivity contribution is 9.10. The Morgan fingerprint density at radius 3 is 2.47 bits per heavy atom. The summed E-state index contributed by atoms with van der Waals surface area (Å²) < 4.78 is 6.31. The van der Waals surface area contributed by atoms with Crippen LogP contribution in [0, 0.1) is 0 Å². The topological polar surface area (TPSA) is 52.0 Å². The Morgan fingerprint density at radius 2 is 1.79 bits per heavy atom. The zero-order valence-electron chi connectivity index (χ0n) is 9.45. The molecular weight excluding hydrogens is 351 g/mol. The van der Waals surface area contributed by atoms with E-state index >= 15 is 0 Å². The van der Waals surface area contributed by atoms with Crippen LogP contribution in [0.2, 0.25) is 10.0 Å². The third-order valence-corrected chi connectivity index (χ3v) is 4.55. The zero-order chi connectivity index (χ0) is 13.6. The third-order valence-electron chi connectivity index (χ3n) is 2.64. The van der Waals surface area contributed by atoms with Crippen LogP contribution >= 0.6 is 39.1 Å². The molecule has 3 aromatic rings. The second kappa shape index (κ2) is 4.71. The van der Waals surface area contributed by atoms with Gasteiger partial charge in [-0.25, -0.2) is 4.98 Å². The maximum Gasteiger partial charge on any atom is 0.227 e. The van der Waals surface area contributed by atoms with Gasteiger partial charge in [0.15, 0.2) is 5.58 Å². The molecule has 96 valence electrons. The van der Waals surface area contributed by atoms with Gasteiger partial charge < -0.3 is 10.2 Å². The first-order chi connectivity index (χ1) is 9.04. The number of rotatable bonds is 1. The van der Waals surface area contributed by atoms with Crippen molar-refractivity contribution in [3.8, 4) is 11.5 Å². The first kappa shape index (κ1) is 12.8. The molecule has 0 aliphatic carbocycles. The number of nitrogens with two attached hydrogens (primary N) is 1. The summed E-state index contributed by atoms with van der Waals surface area (Å²) in [6.07, 6.45) is 0. The summed E-state index contributed by atoms with van der Waals surface area (Å²) in [5.74, 6) is 0.455. The highest BCUT2D eigenvalue weighted by Crippen LogP contribution is 2.36. The van der Waals surface area contributed by atoms with Crippen LogP contribution in [-0.4, -0.2) is 4.98 Å². The molecular formula is C13H7BrCl2N2O. The molecule has 3 nitrogen and oxygen atoms in total. The number of nitrogen functional groups attached to an aromatic ring is 1. The minimum Gasteiger partial charge on any atom is -0.436 e. The van der Waals surface area contributed by atoms with Crippen molar-refractivity contribution in [3.63, 3.8) is 0 Å². The molecule has 0 spiro atoms. The van der Waals surface area contributed by atoms with Crippen LogP contribution in [0.15, 0.2) is 39.2 Å². The highest BCUT2D eigenvalue weighted by Gasteiger charge is 2.12. The molecule has 6 heteroatoms. The number of benzene rings is 2. The summed E-state index contributed by atoms with van der Waals surface area (Å²) >= 11 is 15.4.